The molecule has 3 N–H and O–H groups in total. The van der Waals surface area contributed by atoms with Gasteiger partial charge in [-0.1, -0.05) is 0 Å². The fourth-order valence-electron chi connectivity index (χ4n) is 2.08. The molecule has 2 unspecified atom stereocenters. The first-order valence-electron chi connectivity index (χ1n) is 6.48. The van der Waals surface area contributed by atoms with Gasteiger partial charge in [0.05, 0.1) is 18.6 Å². The summed E-state index contributed by atoms with van der Waals surface area (Å²) in [6.45, 7) is 0.724. The average molecular weight is 273 g/mol. The van der Waals surface area contributed by atoms with Crippen LogP contribution in [0, 0.1) is 5.92 Å². The van der Waals surface area contributed by atoms with E-state index in [0.29, 0.717) is 13.1 Å². The van der Waals surface area contributed by atoms with E-state index in [1.807, 2.05) is 0 Å². The Kier molecular flexibility index (Phi) is 6.04. The highest BCUT2D eigenvalue weighted by atomic mass is 16.3. The molecule has 1 heterocycles. The zero-order chi connectivity index (χ0) is 14.4. The lowest BCUT2D eigenvalue weighted by Gasteiger charge is -2.33. The van der Waals surface area contributed by atoms with Crippen LogP contribution in [-0.4, -0.2) is 78.4 Å². The number of aliphatic hydroxyl groups excluding tert-OH is 2. The average Bonchev–Trinajstić information content (AvgIpc) is 2.43. The smallest absolute Gasteiger partial charge is 0.319 e. The molecule has 0 bridgehead atoms. The van der Waals surface area contributed by atoms with E-state index in [4.69, 9.17) is 5.11 Å². The first-order chi connectivity index (χ1) is 8.95. The third-order valence-electron chi connectivity index (χ3n) is 3.17. The Morgan fingerprint density at radius 3 is 2.74 bits per heavy atom. The zero-order valence-corrected chi connectivity index (χ0v) is 11.5. The molecular weight excluding hydrogens is 250 g/mol. The molecule has 110 valence electrons. The van der Waals surface area contributed by atoms with Gasteiger partial charge in [0.2, 0.25) is 5.91 Å². The molecule has 1 rings (SSSR count). The molecule has 0 saturated carbocycles. The van der Waals surface area contributed by atoms with Gasteiger partial charge in [0.15, 0.2) is 0 Å². The number of amides is 3. The van der Waals surface area contributed by atoms with Crippen molar-refractivity contribution in [3.05, 3.63) is 0 Å². The summed E-state index contributed by atoms with van der Waals surface area (Å²) in [6, 6.07) is -0.0899. The second-order valence-corrected chi connectivity index (χ2v) is 5.04. The number of hydrogen-bond donors (Lipinski definition) is 3. The highest BCUT2D eigenvalue weighted by Crippen LogP contribution is 2.17. The maximum absolute atomic E-state index is 11.9. The van der Waals surface area contributed by atoms with Gasteiger partial charge in [-0.2, -0.15) is 0 Å². The number of carbonyl (C=O) groups is 2. The molecule has 0 aromatic rings. The minimum atomic E-state index is -0.938. The van der Waals surface area contributed by atoms with Crippen molar-refractivity contribution in [3.63, 3.8) is 0 Å². The van der Waals surface area contributed by atoms with Crippen molar-refractivity contribution in [2.75, 3.05) is 40.3 Å². The standard InChI is InChI=1S/C12H23N3O4/c1-14(2)12(19)15-5-3-4-9(7-15)11(18)13-6-10(17)8-16/h9-10,16-17H,3-8H2,1-2H3,(H,13,18). The van der Waals surface area contributed by atoms with Gasteiger partial charge >= 0.3 is 6.03 Å². The summed E-state index contributed by atoms with van der Waals surface area (Å²) in [7, 11) is 3.37. The van der Waals surface area contributed by atoms with Crippen LogP contribution in [0.5, 0.6) is 0 Å². The molecule has 0 aromatic heterocycles. The molecule has 19 heavy (non-hydrogen) atoms. The monoisotopic (exact) mass is 273 g/mol. The molecule has 1 aliphatic heterocycles. The molecule has 0 spiro atoms. The Hall–Kier alpha value is -1.34. The summed E-state index contributed by atoms with van der Waals surface area (Å²) in [4.78, 5) is 26.9. The molecule has 1 aliphatic rings. The number of piperidine rings is 1. The van der Waals surface area contributed by atoms with Crippen molar-refractivity contribution in [2.45, 2.75) is 18.9 Å². The van der Waals surface area contributed by atoms with Gasteiger partial charge in [-0.05, 0) is 12.8 Å². The quantitative estimate of drug-likeness (QED) is 0.603. The SMILES string of the molecule is CN(C)C(=O)N1CCCC(C(=O)NCC(O)CO)C1. The molecule has 1 fully saturated rings. The van der Waals surface area contributed by atoms with Crippen LogP contribution in [0.4, 0.5) is 4.79 Å². The van der Waals surface area contributed by atoms with Crippen LogP contribution in [0.3, 0.4) is 0 Å². The van der Waals surface area contributed by atoms with Crippen LogP contribution in [-0.2, 0) is 4.79 Å². The van der Waals surface area contributed by atoms with Crippen molar-refractivity contribution in [2.24, 2.45) is 5.92 Å². The minimum Gasteiger partial charge on any atom is -0.394 e. The first-order valence-corrected chi connectivity index (χ1v) is 6.48. The van der Waals surface area contributed by atoms with Gasteiger partial charge < -0.3 is 25.3 Å². The Balaban J connectivity index is 2.45. The Bertz CT molecular complexity index is 322. The van der Waals surface area contributed by atoms with Crippen LogP contribution in [0.2, 0.25) is 0 Å². The summed E-state index contributed by atoms with van der Waals surface area (Å²) < 4.78 is 0. The second kappa shape index (κ2) is 7.30. The van der Waals surface area contributed by atoms with E-state index in [2.05, 4.69) is 5.32 Å². The topological polar surface area (TPSA) is 93.1 Å². The summed E-state index contributed by atoms with van der Waals surface area (Å²) in [6.07, 6.45) is 0.588. The van der Waals surface area contributed by atoms with E-state index in [1.54, 1.807) is 19.0 Å². The number of carbonyl (C=O) groups excluding carboxylic acids is 2. The zero-order valence-electron chi connectivity index (χ0n) is 11.5. The predicted molar refractivity (Wildman–Crippen MR) is 69.5 cm³/mol. The van der Waals surface area contributed by atoms with Gasteiger partial charge in [-0.3, -0.25) is 4.79 Å². The third kappa shape index (κ3) is 4.68. The lowest BCUT2D eigenvalue weighted by Crippen LogP contribution is -2.49. The van der Waals surface area contributed by atoms with Crippen LogP contribution in [0.15, 0.2) is 0 Å². The Morgan fingerprint density at radius 2 is 2.16 bits per heavy atom. The maximum atomic E-state index is 11.9. The Morgan fingerprint density at radius 1 is 1.47 bits per heavy atom. The largest absolute Gasteiger partial charge is 0.394 e. The van der Waals surface area contributed by atoms with Crippen molar-refractivity contribution in [1.82, 2.24) is 15.1 Å². The number of rotatable bonds is 4. The van der Waals surface area contributed by atoms with Gasteiger partial charge in [0.1, 0.15) is 0 Å². The van der Waals surface area contributed by atoms with Crippen LogP contribution >= 0.6 is 0 Å². The molecular formula is C12H23N3O4. The first kappa shape index (κ1) is 15.7. The molecule has 2 atom stereocenters. The van der Waals surface area contributed by atoms with E-state index in [-0.39, 0.29) is 31.0 Å². The third-order valence-corrected chi connectivity index (χ3v) is 3.17. The number of aliphatic hydroxyl groups is 2. The number of nitrogens with zero attached hydrogens (tertiary/aromatic N) is 2. The van der Waals surface area contributed by atoms with E-state index >= 15 is 0 Å². The molecule has 0 aliphatic carbocycles. The number of likely N-dealkylation sites (tertiary alicyclic amines) is 1. The molecule has 3 amide bonds. The van der Waals surface area contributed by atoms with Crippen molar-refractivity contribution >= 4 is 11.9 Å². The number of nitrogens with one attached hydrogen (secondary N) is 1. The second-order valence-electron chi connectivity index (χ2n) is 5.04. The fourth-order valence-corrected chi connectivity index (χ4v) is 2.08. The van der Waals surface area contributed by atoms with Gasteiger partial charge in [0, 0.05) is 33.7 Å². The van der Waals surface area contributed by atoms with Gasteiger partial charge in [-0.25, -0.2) is 4.79 Å². The lowest BCUT2D eigenvalue weighted by molar-refractivity contribution is -0.126. The van der Waals surface area contributed by atoms with E-state index in [9.17, 15) is 14.7 Å². The Labute approximate surface area is 113 Å². The molecule has 1 saturated heterocycles. The highest BCUT2D eigenvalue weighted by Gasteiger charge is 2.29. The van der Waals surface area contributed by atoms with Gasteiger partial charge in [0.25, 0.3) is 0 Å². The summed E-state index contributed by atoms with van der Waals surface area (Å²) >= 11 is 0. The van der Waals surface area contributed by atoms with E-state index in [1.165, 1.54) is 4.90 Å². The van der Waals surface area contributed by atoms with Gasteiger partial charge in [-0.15, -0.1) is 0 Å². The maximum Gasteiger partial charge on any atom is 0.319 e. The van der Waals surface area contributed by atoms with Crippen molar-refractivity contribution < 1.29 is 19.8 Å². The summed E-state index contributed by atoms with van der Waals surface area (Å²) in [5.74, 6) is -0.424. The number of hydrogen-bond acceptors (Lipinski definition) is 4. The lowest BCUT2D eigenvalue weighted by atomic mass is 9.97. The molecule has 0 aromatic carbocycles. The molecule has 7 heteroatoms. The van der Waals surface area contributed by atoms with E-state index in [0.717, 1.165) is 12.8 Å². The van der Waals surface area contributed by atoms with Crippen molar-refractivity contribution in [3.8, 4) is 0 Å². The fraction of sp³-hybridized carbons (Fsp3) is 0.833. The highest BCUT2D eigenvalue weighted by molar-refractivity contribution is 5.80. The summed E-state index contributed by atoms with van der Waals surface area (Å²) in [5, 5.41) is 20.4. The van der Waals surface area contributed by atoms with Crippen molar-refractivity contribution in [1.29, 1.82) is 0 Å². The molecule has 7 nitrogen and oxygen atoms in total. The van der Waals surface area contributed by atoms with Crippen LogP contribution in [0.25, 0.3) is 0 Å². The predicted octanol–water partition coefficient (Wildman–Crippen LogP) is -1.15. The normalized spacial score (nSPS) is 20.8. The molecule has 0 radical (unpaired) electrons. The summed E-state index contributed by atoms with van der Waals surface area (Å²) in [5.41, 5.74) is 0. The van der Waals surface area contributed by atoms with E-state index < -0.39 is 6.10 Å². The minimum absolute atomic E-state index is 0.0352. The van der Waals surface area contributed by atoms with Crippen LogP contribution < -0.4 is 5.32 Å². The number of urea groups is 1. The van der Waals surface area contributed by atoms with Crippen LogP contribution in [0.1, 0.15) is 12.8 Å².